The van der Waals surface area contributed by atoms with Crippen LogP contribution in [0.5, 0.6) is 11.5 Å². The lowest BCUT2D eigenvalue weighted by Gasteiger charge is -2.19. The lowest BCUT2D eigenvalue weighted by atomic mass is 9.92. The molecule has 1 aliphatic carbocycles. The third kappa shape index (κ3) is 5.25. The van der Waals surface area contributed by atoms with Crippen LogP contribution < -0.4 is 14.8 Å². The van der Waals surface area contributed by atoms with E-state index in [0.717, 1.165) is 42.7 Å². The van der Waals surface area contributed by atoms with Crippen LogP contribution in [-0.2, 0) is 24.1 Å². The van der Waals surface area contributed by atoms with E-state index >= 15 is 0 Å². The smallest absolute Gasteiger partial charge is 0.260 e. The first-order valence-corrected chi connectivity index (χ1v) is 9.85. The monoisotopic (exact) mass is 367 g/mol. The number of hydrogen-bond donors (Lipinski definition) is 1. The molecule has 4 heteroatoms. The van der Waals surface area contributed by atoms with Crippen LogP contribution in [0.1, 0.15) is 42.9 Å². The van der Waals surface area contributed by atoms with E-state index in [2.05, 4.69) is 23.5 Å². The molecule has 2 aromatic carbocycles. The summed E-state index contributed by atoms with van der Waals surface area (Å²) in [5.41, 5.74) is 3.94. The SMILES string of the molecule is COc1ccccc1CCCNC(=O)[C@H](C)Oc1ccc2c(c1)CCCC2. The Hall–Kier alpha value is -2.49. The molecule has 3 rings (SSSR count). The summed E-state index contributed by atoms with van der Waals surface area (Å²) in [6.45, 7) is 2.42. The highest BCUT2D eigenvalue weighted by Crippen LogP contribution is 2.26. The van der Waals surface area contributed by atoms with Gasteiger partial charge >= 0.3 is 0 Å². The predicted octanol–water partition coefficient (Wildman–Crippen LogP) is 4.09. The highest BCUT2D eigenvalue weighted by atomic mass is 16.5. The number of aryl methyl sites for hydroxylation is 3. The molecule has 0 radical (unpaired) electrons. The molecular weight excluding hydrogens is 338 g/mol. The molecule has 144 valence electrons. The van der Waals surface area contributed by atoms with Gasteiger partial charge in [0.2, 0.25) is 0 Å². The average molecular weight is 367 g/mol. The first-order valence-electron chi connectivity index (χ1n) is 9.85. The zero-order chi connectivity index (χ0) is 19.1. The molecule has 0 saturated carbocycles. The van der Waals surface area contributed by atoms with Gasteiger partial charge in [0.25, 0.3) is 5.91 Å². The molecule has 0 aromatic heterocycles. The second-order valence-electron chi connectivity index (χ2n) is 7.10. The van der Waals surface area contributed by atoms with E-state index in [1.54, 1.807) is 14.0 Å². The van der Waals surface area contributed by atoms with Gasteiger partial charge in [0, 0.05) is 6.54 Å². The molecule has 0 saturated heterocycles. The Morgan fingerprint density at radius 3 is 2.70 bits per heavy atom. The summed E-state index contributed by atoms with van der Waals surface area (Å²) in [6, 6.07) is 14.2. The van der Waals surface area contributed by atoms with Gasteiger partial charge in [0.15, 0.2) is 6.10 Å². The van der Waals surface area contributed by atoms with Crippen molar-refractivity contribution in [2.75, 3.05) is 13.7 Å². The Balaban J connectivity index is 1.44. The minimum atomic E-state index is -0.502. The number of amides is 1. The number of ether oxygens (including phenoxy) is 2. The molecule has 0 aliphatic heterocycles. The fraction of sp³-hybridized carbons (Fsp3) is 0.435. The van der Waals surface area contributed by atoms with Gasteiger partial charge in [-0.3, -0.25) is 4.79 Å². The van der Waals surface area contributed by atoms with Crippen molar-refractivity contribution in [3.63, 3.8) is 0 Å². The van der Waals surface area contributed by atoms with Crippen molar-refractivity contribution in [1.82, 2.24) is 5.32 Å². The van der Waals surface area contributed by atoms with E-state index < -0.39 is 6.10 Å². The second kappa shape index (κ2) is 9.45. The summed E-state index contributed by atoms with van der Waals surface area (Å²) in [4.78, 5) is 12.3. The number of fused-ring (bicyclic) bond motifs is 1. The van der Waals surface area contributed by atoms with Gasteiger partial charge in [0.05, 0.1) is 7.11 Å². The van der Waals surface area contributed by atoms with Crippen LogP contribution in [0.4, 0.5) is 0 Å². The van der Waals surface area contributed by atoms with Crippen molar-refractivity contribution in [3.05, 3.63) is 59.2 Å². The standard InChI is InChI=1S/C23H29NO3/c1-17(27-21-14-13-18-8-3-4-10-20(18)16-21)23(25)24-15-7-11-19-9-5-6-12-22(19)26-2/h5-6,9,12-14,16-17H,3-4,7-8,10-11,15H2,1-2H3,(H,24,25)/t17-/m0/s1. The maximum Gasteiger partial charge on any atom is 0.260 e. The maximum absolute atomic E-state index is 12.3. The summed E-state index contributed by atoms with van der Waals surface area (Å²) in [6.07, 6.45) is 5.98. The minimum absolute atomic E-state index is 0.0762. The van der Waals surface area contributed by atoms with Crippen LogP contribution in [0.2, 0.25) is 0 Å². The number of carbonyl (C=O) groups is 1. The third-order valence-electron chi connectivity index (χ3n) is 5.12. The summed E-state index contributed by atoms with van der Waals surface area (Å²) < 4.78 is 11.2. The van der Waals surface area contributed by atoms with Crippen molar-refractivity contribution in [2.24, 2.45) is 0 Å². The molecule has 0 unspecified atom stereocenters. The zero-order valence-electron chi connectivity index (χ0n) is 16.3. The Labute approximate surface area is 161 Å². The quantitative estimate of drug-likeness (QED) is 0.715. The Kier molecular flexibility index (Phi) is 6.74. The van der Waals surface area contributed by atoms with Crippen molar-refractivity contribution in [2.45, 2.75) is 51.6 Å². The van der Waals surface area contributed by atoms with Crippen LogP contribution in [0.25, 0.3) is 0 Å². The lowest BCUT2D eigenvalue weighted by Crippen LogP contribution is -2.37. The molecule has 1 atom stereocenters. The Morgan fingerprint density at radius 1 is 1.11 bits per heavy atom. The third-order valence-corrected chi connectivity index (χ3v) is 5.12. The van der Waals surface area contributed by atoms with E-state index in [0.29, 0.717) is 6.54 Å². The summed E-state index contributed by atoms with van der Waals surface area (Å²) in [5, 5.41) is 2.97. The molecule has 1 N–H and O–H groups in total. The molecule has 2 aromatic rings. The number of methoxy groups -OCH3 is 1. The van der Waals surface area contributed by atoms with Gasteiger partial charge in [-0.05, 0) is 80.3 Å². The first kappa shape index (κ1) is 19.3. The highest BCUT2D eigenvalue weighted by molar-refractivity contribution is 5.80. The van der Waals surface area contributed by atoms with Gasteiger partial charge in [-0.1, -0.05) is 24.3 Å². The van der Waals surface area contributed by atoms with Crippen LogP contribution >= 0.6 is 0 Å². The molecule has 1 aliphatic rings. The Bertz CT molecular complexity index is 772. The maximum atomic E-state index is 12.3. The summed E-state index contributed by atoms with van der Waals surface area (Å²) in [7, 11) is 1.68. The lowest BCUT2D eigenvalue weighted by molar-refractivity contribution is -0.127. The van der Waals surface area contributed by atoms with Crippen LogP contribution in [0.15, 0.2) is 42.5 Å². The average Bonchev–Trinajstić information content (AvgIpc) is 2.71. The van der Waals surface area contributed by atoms with E-state index in [1.165, 1.54) is 24.0 Å². The number of benzene rings is 2. The normalized spacial score (nSPS) is 14.1. The van der Waals surface area contributed by atoms with Gasteiger partial charge in [-0.15, -0.1) is 0 Å². The van der Waals surface area contributed by atoms with Crippen molar-refractivity contribution in [3.8, 4) is 11.5 Å². The van der Waals surface area contributed by atoms with Crippen molar-refractivity contribution >= 4 is 5.91 Å². The van der Waals surface area contributed by atoms with Gasteiger partial charge in [-0.25, -0.2) is 0 Å². The zero-order valence-corrected chi connectivity index (χ0v) is 16.3. The number of carbonyl (C=O) groups excluding carboxylic acids is 1. The number of rotatable bonds is 8. The predicted molar refractivity (Wildman–Crippen MR) is 107 cm³/mol. The molecule has 27 heavy (non-hydrogen) atoms. The van der Waals surface area contributed by atoms with E-state index in [4.69, 9.17) is 9.47 Å². The molecule has 1 amide bonds. The Morgan fingerprint density at radius 2 is 1.89 bits per heavy atom. The fourth-order valence-corrected chi connectivity index (χ4v) is 3.58. The summed E-state index contributed by atoms with van der Waals surface area (Å²) >= 11 is 0. The highest BCUT2D eigenvalue weighted by Gasteiger charge is 2.16. The minimum Gasteiger partial charge on any atom is -0.496 e. The second-order valence-corrected chi connectivity index (χ2v) is 7.10. The van der Waals surface area contributed by atoms with E-state index in [9.17, 15) is 4.79 Å². The topological polar surface area (TPSA) is 47.6 Å². The first-order chi connectivity index (χ1) is 13.2. The van der Waals surface area contributed by atoms with Crippen LogP contribution in [0, 0.1) is 0 Å². The van der Waals surface area contributed by atoms with Gasteiger partial charge < -0.3 is 14.8 Å². The van der Waals surface area contributed by atoms with Gasteiger partial charge in [-0.2, -0.15) is 0 Å². The van der Waals surface area contributed by atoms with Gasteiger partial charge in [0.1, 0.15) is 11.5 Å². The fourth-order valence-electron chi connectivity index (χ4n) is 3.58. The molecule has 0 spiro atoms. The number of para-hydroxylation sites is 1. The largest absolute Gasteiger partial charge is 0.496 e. The van der Waals surface area contributed by atoms with Crippen LogP contribution in [0.3, 0.4) is 0 Å². The molecule has 4 nitrogen and oxygen atoms in total. The van der Waals surface area contributed by atoms with Crippen molar-refractivity contribution < 1.29 is 14.3 Å². The van der Waals surface area contributed by atoms with Crippen LogP contribution in [-0.4, -0.2) is 25.7 Å². The summed E-state index contributed by atoms with van der Waals surface area (Å²) in [5.74, 6) is 1.60. The molecule has 0 heterocycles. The number of hydrogen-bond acceptors (Lipinski definition) is 3. The van der Waals surface area contributed by atoms with Crippen molar-refractivity contribution in [1.29, 1.82) is 0 Å². The van der Waals surface area contributed by atoms with E-state index in [1.807, 2.05) is 24.3 Å². The molecule has 0 fully saturated rings. The molecule has 0 bridgehead atoms. The number of nitrogens with one attached hydrogen (secondary N) is 1. The van der Waals surface area contributed by atoms with E-state index in [-0.39, 0.29) is 5.91 Å². The molecular formula is C23H29NO3.